The van der Waals surface area contributed by atoms with Crippen molar-refractivity contribution in [2.24, 2.45) is 5.73 Å². The minimum Gasteiger partial charge on any atom is -0.366 e. The predicted molar refractivity (Wildman–Crippen MR) is 121 cm³/mol. The van der Waals surface area contributed by atoms with E-state index in [0.29, 0.717) is 5.02 Å². The van der Waals surface area contributed by atoms with Gasteiger partial charge in [0.2, 0.25) is 5.91 Å². The Balaban J connectivity index is 1.97. The van der Waals surface area contributed by atoms with E-state index in [1.807, 2.05) is 6.92 Å². The summed E-state index contributed by atoms with van der Waals surface area (Å²) in [5.41, 5.74) is 6.78. The van der Waals surface area contributed by atoms with Crippen molar-refractivity contribution in [3.05, 3.63) is 88.9 Å². The van der Waals surface area contributed by atoms with Crippen LogP contribution in [0.15, 0.2) is 77.7 Å². The molecule has 3 rings (SSSR count). The molecule has 31 heavy (non-hydrogen) atoms. The third-order valence-corrected chi connectivity index (χ3v) is 6.48. The van der Waals surface area contributed by atoms with E-state index in [4.69, 9.17) is 17.3 Å². The Bertz CT molecular complexity index is 1230. The normalized spacial score (nSPS) is 11.0. The Morgan fingerprint density at radius 3 is 2.32 bits per heavy atom. The van der Waals surface area contributed by atoms with E-state index in [1.165, 1.54) is 30.3 Å². The fourth-order valence-electron chi connectivity index (χ4n) is 2.91. The lowest BCUT2D eigenvalue weighted by molar-refractivity contribution is -0.114. The summed E-state index contributed by atoms with van der Waals surface area (Å²) in [7, 11) is -4.08. The van der Waals surface area contributed by atoms with Gasteiger partial charge >= 0.3 is 0 Å². The van der Waals surface area contributed by atoms with E-state index in [9.17, 15) is 18.0 Å². The van der Waals surface area contributed by atoms with E-state index in [2.05, 4.69) is 5.32 Å². The maximum Gasteiger partial charge on any atom is 0.264 e. The average molecular weight is 458 g/mol. The number of nitrogens with two attached hydrogens (primary N) is 1. The van der Waals surface area contributed by atoms with Crippen molar-refractivity contribution in [1.82, 2.24) is 0 Å². The molecule has 0 aliphatic rings. The zero-order valence-corrected chi connectivity index (χ0v) is 18.2. The van der Waals surface area contributed by atoms with Crippen LogP contribution in [0.1, 0.15) is 15.9 Å². The van der Waals surface area contributed by atoms with Crippen LogP contribution in [0.2, 0.25) is 5.02 Å². The molecule has 160 valence electrons. The second-order valence-corrected chi connectivity index (χ2v) is 9.06. The van der Waals surface area contributed by atoms with Gasteiger partial charge in [-0.3, -0.25) is 13.9 Å². The minimum atomic E-state index is -4.08. The van der Waals surface area contributed by atoms with Gasteiger partial charge in [-0.2, -0.15) is 0 Å². The minimum absolute atomic E-state index is 0.0309. The Morgan fingerprint density at radius 1 is 1.00 bits per heavy atom. The number of para-hydroxylation sites is 1. The lowest BCUT2D eigenvalue weighted by Gasteiger charge is -2.24. The molecule has 0 heterocycles. The van der Waals surface area contributed by atoms with Gasteiger partial charge in [-0.15, -0.1) is 0 Å². The molecule has 0 aromatic heterocycles. The third kappa shape index (κ3) is 5.22. The number of carbonyl (C=O) groups is 2. The second-order valence-electron chi connectivity index (χ2n) is 6.76. The van der Waals surface area contributed by atoms with Gasteiger partial charge < -0.3 is 11.1 Å². The molecule has 0 aliphatic heterocycles. The highest BCUT2D eigenvalue weighted by Crippen LogP contribution is 2.26. The van der Waals surface area contributed by atoms with Crippen LogP contribution in [0.4, 0.5) is 11.4 Å². The number of nitrogens with one attached hydrogen (secondary N) is 1. The number of primary amides is 1. The van der Waals surface area contributed by atoms with Gasteiger partial charge in [-0.1, -0.05) is 47.5 Å². The van der Waals surface area contributed by atoms with Crippen molar-refractivity contribution in [3.63, 3.8) is 0 Å². The van der Waals surface area contributed by atoms with Gasteiger partial charge in [-0.25, -0.2) is 8.42 Å². The van der Waals surface area contributed by atoms with Crippen LogP contribution in [0, 0.1) is 6.92 Å². The van der Waals surface area contributed by atoms with Crippen LogP contribution in [0.25, 0.3) is 0 Å². The molecule has 0 saturated carbocycles. The summed E-state index contributed by atoms with van der Waals surface area (Å²) in [5.74, 6) is -1.36. The molecular formula is C22H20ClN3O4S. The van der Waals surface area contributed by atoms with Crippen molar-refractivity contribution in [3.8, 4) is 0 Å². The van der Waals surface area contributed by atoms with Crippen molar-refractivity contribution in [2.75, 3.05) is 16.2 Å². The van der Waals surface area contributed by atoms with Gasteiger partial charge in [0.1, 0.15) is 6.54 Å². The summed E-state index contributed by atoms with van der Waals surface area (Å²) in [6, 6.07) is 18.7. The average Bonchev–Trinajstić information content (AvgIpc) is 2.72. The molecule has 0 aliphatic carbocycles. The first kappa shape index (κ1) is 22.3. The Kier molecular flexibility index (Phi) is 6.62. The number of carbonyl (C=O) groups excluding carboxylic acids is 2. The lowest BCUT2D eigenvalue weighted by Crippen LogP contribution is -2.38. The van der Waals surface area contributed by atoms with Crippen LogP contribution in [-0.2, 0) is 14.8 Å². The van der Waals surface area contributed by atoms with E-state index >= 15 is 0 Å². The van der Waals surface area contributed by atoms with E-state index in [1.54, 1.807) is 42.5 Å². The van der Waals surface area contributed by atoms with Crippen LogP contribution < -0.4 is 15.4 Å². The van der Waals surface area contributed by atoms with Crippen molar-refractivity contribution >= 4 is 44.8 Å². The van der Waals surface area contributed by atoms with Crippen LogP contribution in [0.5, 0.6) is 0 Å². The lowest BCUT2D eigenvalue weighted by atomic mass is 10.1. The molecule has 0 saturated heterocycles. The summed E-state index contributed by atoms with van der Waals surface area (Å²) >= 11 is 6.05. The van der Waals surface area contributed by atoms with Crippen LogP contribution in [-0.4, -0.2) is 26.8 Å². The van der Waals surface area contributed by atoms with E-state index in [0.717, 1.165) is 9.87 Å². The first-order chi connectivity index (χ1) is 14.7. The standard InChI is InChI=1S/C22H20ClN3O4S/c1-15-9-11-18(12-10-15)31(29,30)26(17-6-4-5-16(23)13-17)14-21(27)25-20-8-3-2-7-19(20)22(24)28/h2-13H,14H2,1H3,(H2,24,28)(H,25,27). The number of aryl methyl sites for hydroxylation is 1. The zero-order valence-electron chi connectivity index (χ0n) is 16.6. The fourth-order valence-corrected chi connectivity index (χ4v) is 4.51. The van der Waals surface area contributed by atoms with Gasteiger partial charge in [0, 0.05) is 5.02 Å². The molecule has 0 unspecified atom stereocenters. The quantitative estimate of drug-likeness (QED) is 0.565. The summed E-state index contributed by atoms with van der Waals surface area (Å²) in [4.78, 5) is 24.4. The number of anilines is 2. The number of sulfonamides is 1. The summed E-state index contributed by atoms with van der Waals surface area (Å²) in [6.07, 6.45) is 0. The topological polar surface area (TPSA) is 110 Å². The van der Waals surface area contributed by atoms with Gasteiger partial charge in [-0.05, 0) is 49.4 Å². The maximum absolute atomic E-state index is 13.3. The predicted octanol–water partition coefficient (Wildman–Crippen LogP) is 3.58. The Hall–Kier alpha value is -3.36. The molecule has 3 N–H and O–H groups in total. The summed E-state index contributed by atoms with van der Waals surface area (Å²) < 4.78 is 27.7. The Labute approximate surface area is 185 Å². The van der Waals surface area contributed by atoms with Gasteiger partial charge in [0.25, 0.3) is 15.9 Å². The molecular weight excluding hydrogens is 438 g/mol. The second kappa shape index (κ2) is 9.20. The van der Waals surface area contributed by atoms with Crippen LogP contribution in [0.3, 0.4) is 0 Å². The Morgan fingerprint density at radius 2 is 1.68 bits per heavy atom. The van der Waals surface area contributed by atoms with Crippen molar-refractivity contribution in [1.29, 1.82) is 0 Å². The largest absolute Gasteiger partial charge is 0.366 e. The molecule has 3 aromatic carbocycles. The molecule has 0 atom stereocenters. The number of hydrogen-bond acceptors (Lipinski definition) is 4. The highest BCUT2D eigenvalue weighted by molar-refractivity contribution is 7.92. The van der Waals surface area contributed by atoms with Gasteiger partial charge in [0.15, 0.2) is 0 Å². The summed E-state index contributed by atoms with van der Waals surface area (Å²) in [5, 5.41) is 2.88. The first-order valence-electron chi connectivity index (χ1n) is 9.22. The smallest absolute Gasteiger partial charge is 0.264 e. The molecule has 0 fully saturated rings. The molecule has 7 nitrogen and oxygen atoms in total. The highest BCUT2D eigenvalue weighted by Gasteiger charge is 2.27. The number of rotatable bonds is 7. The summed E-state index contributed by atoms with van der Waals surface area (Å²) in [6.45, 7) is 1.30. The van der Waals surface area contributed by atoms with Crippen molar-refractivity contribution in [2.45, 2.75) is 11.8 Å². The number of hydrogen-bond donors (Lipinski definition) is 2. The monoisotopic (exact) mass is 457 g/mol. The molecule has 2 amide bonds. The van der Waals surface area contributed by atoms with Crippen LogP contribution >= 0.6 is 11.6 Å². The molecule has 0 bridgehead atoms. The van der Waals surface area contributed by atoms with Gasteiger partial charge in [0.05, 0.1) is 21.8 Å². The van der Waals surface area contributed by atoms with E-state index < -0.39 is 28.4 Å². The number of benzene rings is 3. The number of nitrogens with zero attached hydrogens (tertiary/aromatic N) is 1. The third-order valence-electron chi connectivity index (χ3n) is 4.46. The molecule has 0 spiro atoms. The molecule has 3 aromatic rings. The zero-order chi connectivity index (χ0) is 22.6. The SMILES string of the molecule is Cc1ccc(S(=O)(=O)N(CC(=O)Nc2ccccc2C(N)=O)c2cccc(Cl)c2)cc1. The fraction of sp³-hybridized carbons (Fsp3) is 0.0909. The number of halogens is 1. The molecule has 9 heteroatoms. The highest BCUT2D eigenvalue weighted by atomic mass is 35.5. The van der Waals surface area contributed by atoms with Crippen molar-refractivity contribution < 1.29 is 18.0 Å². The maximum atomic E-state index is 13.3. The molecule has 0 radical (unpaired) electrons. The first-order valence-corrected chi connectivity index (χ1v) is 11.0. The number of amides is 2. The van der Waals surface area contributed by atoms with E-state index in [-0.39, 0.29) is 21.8 Å².